The summed E-state index contributed by atoms with van der Waals surface area (Å²) < 4.78 is 5.64. The van der Waals surface area contributed by atoms with E-state index in [-0.39, 0.29) is 5.91 Å². The molecule has 1 aromatic carbocycles. The Morgan fingerprint density at radius 3 is 2.80 bits per heavy atom. The summed E-state index contributed by atoms with van der Waals surface area (Å²) in [4.78, 5) is 18.7. The quantitative estimate of drug-likeness (QED) is 0.748. The molecule has 1 aromatic heterocycles. The van der Waals surface area contributed by atoms with Crippen LogP contribution >= 0.6 is 0 Å². The van der Waals surface area contributed by atoms with Crippen molar-refractivity contribution in [2.45, 2.75) is 12.6 Å². The predicted octanol–water partition coefficient (Wildman–Crippen LogP) is 1.51. The number of anilines is 1. The highest BCUT2D eigenvalue weighted by Gasteiger charge is 2.26. The lowest BCUT2D eigenvalue weighted by Gasteiger charge is -2.32. The number of nitrogens with one attached hydrogen (secondary N) is 2. The fraction of sp³-hybridized carbons (Fsp3) is 0.368. The number of aromatic nitrogens is 1. The standard InChI is InChI=1S/C19H24N4O2/c24-19(22-11-10-21-18-8-4-5-9-20-18)17-15-23(12-13-25-17)14-16-6-2-1-3-7-16/h1-9,17H,10-15H2,(H,20,21)(H,22,24)/t17-/m1/s1. The molecule has 2 N–H and O–H groups in total. The fourth-order valence-corrected chi connectivity index (χ4v) is 2.80. The number of ether oxygens (including phenoxy) is 1. The van der Waals surface area contributed by atoms with E-state index < -0.39 is 6.10 Å². The summed E-state index contributed by atoms with van der Waals surface area (Å²) in [5.74, 6) is 0.750. The van der Waals surface area contributed by atoms with E-state index in [1.165, 1.54) is 5.56 Å². The van der Waals surface area contributed by atoms with Crippen LogP contribution in [0.1, 0.15) is 5.56 Å². The van der Waals surface area contributed by atoms with Crippen LogP contribution in [-0.2, 0) is 16.1 Å². The largest absolute Gasteiger partial charge is 0.368 e. The van der Waals surface area contributed by atoms with Gasteiger partial charge in [0.15, 0.2) is 0 Å². The molecule has 2 aromatic rings. The zero-order chi connectivity index (χ0) is 17.3. The molecule has 6 heteroatoms. The van der Waals surface area contributed by atoms with Gasteiger partial charge in [-0.1, -0.05) is 36.4 Å². The van der Waals surface area contributed by atoms with E-state index in [2.05, 4.69) is 32.7 Å². The zero-order valence-corrected chi connectivity index (χ0v) is 14.2. The number of amides is 1. The van der Waals surface area contributed by atoms with Gasteiger partial charge in [-0.05, 0) is 17.7 Å². The van der Waals surface area contributed by atoms with Gasteiger partial charge < -0.3 is 15.4 Å². The van der Waals surface area contributed by atoms with Crippen LogP contribution in [0.4, 0.5) is 5.82 Å². The summed E-state index contributed by atoms with van der Waals surface area (Å²) in [6.07, 6.45) is 1.32. The van der Waals surface area contributed by atoms with Crippen molar-refractivity contribution in [2.75, 3.05) is 38.1 Å². The SMILES string of the molecule is O=C(NCCNc1ccccn1)[C@H]1CN(Cc2ccccc2)CCO1. The normalized spacial score (nSPS) is 17.8. The number of hydrogen-bond acceptors (Lipinski definition) is 5. The molecule has 0 saturated carbocycles. The van der Waals surface area contributed by atoms with Crippen molar-refractivity contribution in [3.05, 3.63) is 60.3 Å². The number of nitrogens with zero attached hydrogens (tertiary/aromatic N) is 2. The fourth-order valence-electron chi connectivity index (χ4n) is 2.80. The van der Waals surface area contributed by atoms with E-state index in [0.717, 1.165) is 18.9 Å². The van der Waals surface area contributed by atoms with E-state index in [1.54, 1.807) is 6.20 Å². The third-order valence-electron chi connectivity index (χ3n) is 4.09. The molecular formula is C19H24N4O2. The van der Waals surface area contributed by atoms with Crippen molar-refractivity contribution < 1.29 is 9.53 Å². The number of carbonyl (C=O) groups is 1. The number of hydrogen-bond donors (Lipinski definition) is 2. The van der Waals surface area contributed by atoms with Crippen LogP contribution < -0.4 is 10.6 Å². The molecule has 1 amide bonds. The lowest BCUT2D eigenvalue weighted by molar-refractivity contribution is -0.138. The third-order valence-corrected chi connectivity index (χ3v) is 4.09. The Labute approximate surface area is 148 Å². The van der Waals surface area contributed by atoms with E-state index in [0.29, 0.717) is 26.2 Å². The van der Waals surface area contributed by atoms with Gasteiger partial charge in [-0.15, -0.1) is 0 Å². The second-order valence-electron chi connectivity index (χ2n) is 6.01. The van der Waals surface area contributed by atoms with Gasteiger partial charge in [0, 0.05) is 38.9 Å². The van der Waals surface area contributed by atoms with Gasteiger partial charge in [-0.2, -0.15) is 0 Å². The third kappa shape index (κ3) is 5.55. The van der Waals surface area contributed by atoms with E-state index in [4.69, 9.17) is 4.74 Å². The smallest absolute Gasteiger partial charge is 0.250 e. The summed E-state index contributed by atoms with van der Waals surface area (Å²) in [5, 5.41) is 6.09. The molecule has 0 unspecified atom stereocenters. The van der Waals surface area contributed by atoms with Crippen molar-refractivity contribution in [3.63, 3.8) is 0 Å². The minimum atomic E-state index is -0.410. The molecule has 1 fully saturated rings. The Bertz CT molecular complexity index is 651. The maximum atomic E-state index is 12.3. The van der Waals surface area contributed by atoms with Crippen molar-refractivity contribution in [3.8, 4) is 0 Å². The summed E-state index contributed by atoms with van der Waals surface area (Å²) in [6, 6.07) is 16.0. The molecule has 1 aliphatic rings. The second kappa shape index (κ2) is 9.15. The highest BCUT2D eigenvalue weighted by Crippen LogP contribution is 2.10. The number of rotatable bonds is 7. The van der Waals surface area contributed by atoms with E-state index in [1.807, 2.05) is 36.4 Å². The van der Waals surface area contributed by atoms with Crippen molar-refractivity contribution in [2.24, 2.45) is 0 Å². The van der Waals surface area contributed by atoms with Crippen LogP contribution in [0, 0.1) is 0 Å². The Morgan fingerprint density at radius 1 is 1.16 bits per heavy atom. The maximum Gasteiger partial charge on any atom is 0.250 e. The van der Waals surface area contributed by atoms with Crippen LogP contribution in [0.2, 0.25) is 0 Å². The summed E-state index contributed by atoms with van der Waals surface area (Å²) in [5.41, 5.74) is 1.25. The first-order valence-corrected chi connectivity index (χ1v) is 8.62. The van der Waals surface area contributed by atoms with Gasteiger partial charge in [-0.25, -0.2) is 4.98 Å². The Hall–Kier alpha value is -2.44. The van der Waals surface area contributed by atoms with Crippen LogP contribution in [0.15, 0.2) is 54.7 Å². The van der Waals surface area contributed by atoms with Crippen LogP contribution in [0.25, 0.3) is 0 Å². The average molecular weight is 340 g/mol. The molecule has 0 aliphatic carbocycles. The van der Waals surface area contributed by atoms with Gasteiger partial charge in [0.1, 0.15) is 11.9 Å². The zero-order valence-electron chi connectivity index (χ0n) is 14.2. The Morgan fingerprint density at radius 2 is 2.00 bits per heavy atom. The molecule has 6 nitrogen and oxygen atoms in total. The maximum absolute atomic E-state index is 12.3. The molecule has 0 bridgehead atoms. The van der Waals surface area contributed by atoms with Gasteiger partial charge in [-0.3, -0.25) is 9.69 Å². The molecule has 0 spiro atoms. The van der Waals surface area contributed by atoms with E-state index >= 15 is 0 Å². The monoisotopic (exact) mass is 340 g/mol. The summed E-state index contributed by atoms with van der Waals surface area (Å²) >= 11 is 0. The first-order chi connectivity index (χ1) is 12.3. The predicted molar refractivity (Wildman–Crippen MR) is 97.2 cm³/mol. The molecule has 0 radical (unpaired) electrons. The molecule has 3 rings (SSSR count). The summed E-state index contributed by atoms with van der Waals surface area (Å²) in [7, 11) is 0. The van der Waals surface area contributed by atoms with Crippen molar-refractivity contribution >= 4 is 11.7 Å². The minimum absolute atomic E-state index is 0.0550. The van der Waals surface area contributed by atoms with Crippen LogP contribution in [-0.4, -0.2) is 54.7 Å². The van der Waals surface area contributed by atoms with Gasteiger partial charge in [0.05, 0.1) is 6.61 Å². The van der Waals surface area contributed by atoms with Gasteiger partial charge in [0.2, 0.25) is 0 Å². The van der Waals surface area contributed by atoms with Crippen molar-refractivity contribution in [1.82, 2.24) is 15.2 Å². The topological polar surface area (TPSA) is 66.5 Å². The molecule has 1 aliphatic heterocycles. The molecule has 1 saturated heterocycles. The number of benzene rings is 1. The van der Waals surface area contributed by atoms with Crippen LogP contribution in [0.3, 0.4) is 0 Å². The highest BCUT2D eigenvalue weighted by molar-refractivity contribution is 5.81. The second-order valence-corrected chi connectivity index (χ2v) is 6.01. The minimum Gasteiger partial charge on any atom is -0.368 e. The molecule has 25 heavy (non-hydrogen) atoms. The molecule has 132 valence electrons. The Balaban J connectivity index is 1.39. The Kier molecular flexibility index (Phi) is 6.36. The average Bonchev–Trinajstić information content (AvgIpc) is 2.67. The number of morpholine rings is 1. The highest BCUT2D eigenvalue weighted by atomic mass is 16.5. The van der Waals surface area contributed by atoms with Crippen LogP contribution in [0.5, 0.6) is 0 Å². The lowest BCUT2D eigenvalue weighted by atomic mass is 10.2. The molecule has 1 atom stereocenters. The van der Waals surface area contributed by atoms with Gasteiger partial charge >= 0.3 is 0 Å². The van der Waals surface area contributed by atoms with Gasteiger partial charge in [0.25, 0.3) is 5.91 Å². The molecule has 2 heterocycles. The van der Waals surface area contributed by atoms with Crippen molar-refractivity contribution in [1.29, 1.82) is 0 Å². The molecular weight excluding hydrogens is 316 g/mol. The summed E-state index contributed by atoms with van der Waals surface area (Å²) in [6.45, 7) is 4.05. The van der Waals surface area contributed by atoms with E-state index in [9.17, 15) is 4.79 Å². The first-order valence-electron chi connectivity index (χ1n) is 8.62. The lowest BCUT2D eigenvalue weighted by Crippen LogP contribution is -2.50. The number of carbonyl (C=O) groups excluding carboxylic acids is 1. The first kappa shape index (κ1) is 17.4. The number of pyridine rings is 1.